The molecule has 1 aliphatic heterocycles. The molecule has 130 valence electrons. The molecule has 0 saturated heterocycles. The number of rotatable bonds is 13. The predicted octanol–water partition coefficient (Wildman–Crippen LogP) is -0.0856. The lowest BCUT2D eigenvalue weighted by Gasteiger charge is -2.13. The van der Waals surface area contributed by atoms with Crippen LogP contribution in [0.2, 0.25) is 0 Å². The Morgan fingerprint density at radius 1 is 0.913 bits per heavy atom. The molecule has 1 heterocycles. The maximum atomic E-state index is 11.2. The standard InChI is InChI=1S/C15H23NO7/c1-2-23-15(19)5-7-20-9-11-22-12-10-21-8-6-16-13(17)3-4-14(16)18/h3-4H,2,5-12H2,1H3. The van der Waals surface area contributed by atoms with Gasteiger partial charge in [0.05, 0.1) is 59.2 Å². The highest BCUT2D eigenvalue weighted by Gasteiger charge is 2.22. The molecule has 2 amide bonds. The SMILES string of the molecule is CCOC(=O)CCOCCOCCOCCN1C(=O)C=CC1=O. The van der Waals surface area contributed by atoms with Crippen LogP contribution in [0.15, 0.2) is 12.2 Å². The summed E-state index contributed by atoms with van der Waals surface area (Å²) in [6.45, 7) is 4.50. The molecule has 0 unspecified atom stereocenters. The molecular formula is C15H23NO7. The lowest BCUT2D eigenvalue weighted by Crippen LogP contribution is -2.33. The molecule has 8 heteroatoms. The summed E-state index contributed by atoms with van der Waals surface area (Å²) in [6.07, 6.45) is 2.72. The normalized spacial score (nSPS) is 13.9. The average molecular weight is 329 g/mol. The molecule has 0 atom stereocenters. The maximum Gasteiger partial charge on any atom is 0.308 e. The lowest BCUT2D eigenvalue weighted by molar-refractivity contribution is -0.144. The molecule has 0 radical (unpaired) electrons. The number of carbonyl (C=O) groups is 3. The van der Waals surface area contributed by atoms with Crippen LogP contribution in [0.4, 0.5) is 0 Å². The first kappa shape index (κ1) is 19.3. The van der Waals surface area contributed by atoms with Crippen LogP contribution < -0.4 is 0 Å². The zero-order valence-electron chi connectivity index (χ0n) is 13.3. The zero-order chi connectivity index (χ0) is 16.9. The number of ether oxygens (including phenoxy) is 4. The summed E-state index contributed by atoms with van der Waals surface area (Å²) in [5.41, 5.74) is 0. The smallest absolute Gasteiger partial charge is 0.308 e. The van der Waals surface area contributed by atoms with Crippen molar-refractivity contribution in [2.24, 2.45) is 0 Å². The van der Waals surface area contributed by atoms with Crippen molar-refractivity contribution in [1.82, 2.24) is 4.90 Å². The van der Waals surface area contributed by atoms with Crippen molar-refractivity contribution in [2.45, 2.75) is 13.3 Å². The van der Waals surface area contributed by atoms with Crippen LogP contribution in [-0.2, 0) is 33.3 Å². The number of amides is 2. The van der Waals surface area contributed by atoms with Gasteiger partial charge in [0.15, 0.2) is 0 Å². The van der Waals surface area contributed by atoms with Gasteiger partial charge in [-0.25, -0.2) is 0 Å². The van der Waals surface area contributed by atoms with E-state index in [1.54, 1.807) is 6.92 Å². The molecule has 0 aromatic heterocycles. The Hall–Kier alpha value is -1.77. The second-order valence-corrected chi connectivity index (χ2v) is 4.55. The van der Waals surface area contributed by atoms with Gasteiger partial charge in [-0.2, -0.15) is 0 Å². The van der Waals surface area contributed by atoms with Crippen LogP contribution in [0, 0.1) is 0 Å². The molecule has 1 rings (SSSR count). The van der Waals surface area contributed by atoms with E-state index in [-0.39, 0.29) is 37.4 Å². The Bertz CT molecular complexity index is 404. The molecule has 0 N–H and O–H groups in total. The molecule has 0 bridgehead atoms. The highest BCUT2D eigenvalue weighted by atomic mass is 16.5. The highest BCUT2D eigenvalue weighted by Crippen LogP contribution is 2.02. The number of nitrogens with zero attached hydrogens (tertiary/aromatic N) is 1. The second-order valence-electron chi connectivity index (χ2n) is 4.55. The van der Waals surface area contributed by atoms with Gasteiger partial charge in [-0.05, 0) is 6.92 Å². The molecule has 8 nitrogen and oxygen atoms in total. The van der Waals surface area contributed by atoms with E-state index < -0.39 is 0 Å². The van der Waals surface area contributed by atoms with Gasteiger partial charge < -0.3 is 18.9 Å². The first-order chi connectivity index (χ1) is 11.1. The van der Waals surface area contributed by atoms with Gasteiger partial charge in [0.2, 0.25) is 0 Å². The number of carbonyl (C=O) groups excluding carboxylic acids is 3. The Balaban J connectivity index is 1.82. The van der Waals surface area contributed by atoms with Gasteiger partial charge in [-0.15, -0.1) is 0 Å². The van der Waals surface area contributed by atoms with E-state index in [0.717, 1.165) is 4.90 Å². The first-order valence-corrected chi connectivity index (χ1v) is 7.57. The number of hydrogen-bond acceptors (Lipinski definition) is 7. The average Bonchev–Trinajstić information content (AvgIpc) is 2.84. The summed E-state index contributed by atoms with van der Waals surface area (Å²) in [5, 5.41) is 0. The largest absolute Gasteiger partial charge is 0.466 e. The molecule has 0 aromatic carbocycles. The molecule has 0 saturated carbocycles. The highest BCUT2D eigenvalue weighted by molar-refractivity contribution is 6.12. The van der Waals surface area contributed by atoms with E-state index in [1.165, 1.54) is 12.2 Å². The van der Waals surface area contributed by atoms with Crippen LogP contribution in [0.5, 0.6) is 0 Å². The fourth-order valence-electron chi connectivity index (χ4n) is 1.74. The van der Waals surface area contributed by atoms with Crippen molar-refractivity contribution in [1.29, 1.82) is 0 Å². The lowest BCUT2D eigenvalue weighted by atomic mass is 10.5. The van der Waals surface area contributed by atoms with Crippen molar-refractivity contribution in [3.63, 3.8) is 0 Å². The van der Waals surface area contributed by atoms with Crippen LogP contribution in [0.1, 0.15) is 13.3 Å². The van der Waals surface area contributed by atoms with E-state index in [2.05, 4.69) is 0 Å². The van der Waals surface area contributed by atoms with Gasteiger partial charge in [-0.3, -0.25) is 19.3 Å². The van der Waals surface area contributed by atoms with Crippen molar-refractivity contribution >= 4 is 17.8 Å². The van der Waals surface area contributed by atoms with E-state index in [0.29, 0.717) is 39.6 Å². The fourth-order valence-corrected chi connectivity index (χ4v) is 1.74. The molecule has 0 aliphatic carbocycles. The minimum Gasteiger partial charge on any atom is -0.466 e. The Kier molecular flexibility index (Phi) is 9.85. The van der Waals surface area contributed by atoms with Crippen LogP contribution >= 0.6 is 0 Å². The van der Waals surface area contributed by atoms with Crippen molar-refractivity contribution in [3.05, 3.63) is 12.2 Å². The third-order valence-electron chi connectivity index (χ3n) is 2.86. The number of imide groups is 1. The molecule has 0 spiro atoms. The van der Waals surface area contributed by atoms with E-state index in [4.69, 9.17) is 18.9 Å². The van der Waals surface area contributed by atoms with Gasteiger partial charge in [0.25, 0.3) is 11.8 Å². The monoisotopic (exact) mass is 329 g/mol. The van der Waals surface area contributed by atoms with E-state index in [1.807, 2.05) is 0 Å². The van der Waals surface area contributed by atoms with E-state index >= 15 is 0 Å². The van der Waals surface area contributed by atoms with Gasteiger partial charge in [0, 0.05) is 12.2 Å². The van der Waals surface area contributed by atoms with Crippen LogP contribution in [0.3, 0.4) is 0 Å². The van der Waals surface area contributed by atoms with Crippen LogP contribution in [-0.4, -0.2) is 75.5 Å². The molecular weight excluding hydrogens is 306 g/mol. The molecule has 0 fully saturated rings. The predicted molar refractivity (Wildman–Crippen MR) is 79.6 cm³/mol. The summed E-state index contributed by atoms with van der Waals surface area (Å²) in [7, 11) is 0. The summed E-state index contributed by atoms with van der Waals surface area (Å²) in [5.74, 6) is -0.892. The molecule has 23 heavy (non-hydrogen) atoms. The van der Waals surface area contributed by atoms with Gasteiger partial charge in [-0.1, -0.05) is 0 Å². The minimum atomic E-state index is -0.310. The van der Waals surface area contributed by atoms with Crippen molar-refractivity contribution < 1.29 is 33.3 Å². The third-order valence-corrected chi connectivity index (χ3v) is 2.86. The second kappa shape index (κ2) is 11.8. The van der Waals surface area contributed by atoms with Gasteiger partial charge in [0.1, 0.15) is 0 Å². The van der Waals surface area contributed by atoms with Crippen molar-refractivity contribution in [3.8, 4) is 0 Å². The maximum absolute atomic E-state index is 11.2. The number of hydrogen-bond donors (Lipinski definition) is 0. The summed E-state index contributed by atoms with van der Waals surface area (Å²) < 4.78 is 20.5. The Labute approximate surface area is 135 Å². The molecule has 0 aromatic rings. The topological polar surface area (TPSA) is 91.4 Å². The fraction of sp³-hybridized carbons (Fsp3) is 0.667. The summed E-state index contributed by atoms with van der Waals surface area (Å²) in [6, 6.07) is 0. The first-order valence-electron chi connectivity index (χ1n) is 7.57. The summed E-state index contributed by atoms with van der Waals surface area (Å²) >= 11 is 0. The van der Waals surface area contributed by atoms with E-state index in [9.17, 15) is 14.4 Å². The Morgan fingerprint density at radius 2 is 1.43 bits per heavy atom. The number of esters is 1. The third kappa shape index (κ3) is 8.44. The zero-order valence-corrected chi connectivity index (χ0v) is 13.3. The van der Waals surface area contributed by atoms with Crippen LogP contribution in [0.25, 0.3) is 0 Å². The van der Waals surface area contributed by atoms with Crippen molar-refractivity contribution in [2.75, 3.05) is 52.8 Å². The molecule has 1 aliphatic rings. The minimum absolute atomic E-state index is 0.236. The summed E-state index contributed by atoms with van der Waals surface area (Å²) in [4.78, 5) is 34.6. The Morgan fingerprint density at radius 3 is 2.00 bits per heavy atom. The van der Waals surface area contributed by atoms with Gasteiger partial charge >= 0.3 is 5.97 Å². The quantitative estimate of drug-likeness (QED) is 0.265.